The standard InChI is InChI=1S/C2H4I2.2C2H5.Zn/c1-2(3)4;2*1-2;/h2H,1H3;2*1H2,2H3;/q;2*-1;+2. The fraction of sp³-hybridized carbons (Fsp3) is 0.667. The van der Waals surface area contributed by atoms with Crippen molar-refractivity contribution in [2.75, 3.05) is 0 Å². The van der Waals surface area contributed by atoms with Gasteiger partial charge in [-0.05, 0) is 6.92 Å². The fourth-order valence-corrected chi connectivity index (χ4v) is 0. The predicted molar refractivity (Wildman–Crippen MR) is 59.6 cm³/mol. The number of halogens is 2. The molecular formula is C6H14I2Zn. The summed E-state index contributed by atoms with van der Waals surface area (Å²) >= 11 is 4.66. The maximum absolute atomic E-state index is 3.25. The smallest absolute Gasteiger partial charge is 0.346 e. The van der Waals surface area contributed by atoms with E-state index >= 15 is 0 Å². The van der Waals surface area contributed by atoms with E-state index in [2.05, 4.69) is 66.0 Å². The van der Waals surface area contributed by atoms with E-state index in [1.54, 1.807) is 13.8 Å². The van der Waals surface area contributed by atoms with Crippen LogP contribution in [-0.4, -0.2) is 1.93 Å². The summed E-state index contributed by atoms with van der Waals surface area (Å²) in [6.07, 6.45) is 0. The molecule has 0 bridgehead atoms. The summed E-state index contributed by atoms with van der Waals surface area (Å²) in [6.45, 7) is 12.1. The van der Waals surface area contributed by atoms with Crippen LogP contribution in [0.3, 0.4) is 0 Å². The predicted octanol–water partition coefficient (Wildman–Crippen LogP) is 3.88. The second-order valence-electron chi connectivity index (χ2n) is 0.519. The Morgan fingerprint density at radius 2 is 1.00 bits per heavy atom. The summed E-state index contributed by atoms with van der Waals surface area (Å²) in [4.78, 5) is 0. The van der Waals surface area contributed by atoms with E-state index in [0.29, 0.717) is 0 Å². The molecule has 0 nitrogen and oxygen atoms in total. The van der Waals surface area contributed by atoms with Gasteiger partial charge in [0.25, 0.3) is 0 Å². The largest absolute Gasteiger partial charge is 2.00 e. The molecule has 0 fully saturated rings. The van der Waals surface area contributed by atoms with Crippen LogP contribution in [0.5, 0.6) is 0 Å². The van der Waals surface area contributed by atoms with Crippen molar-refractivity contribution in [3.05, 3.63) is 13.8 Å². The van der Waals surface area contributed by atoms with Gasteiger partial charge in [0.15, 0.2) is 0 Å². The Hall–Kier alpha value is 2.08. The molecule has 0 aliphatic heterocycles. The minimum absolute atomic E-state index is 0. The molecule has 3 heteroatoms. The Labute approximate surface area is 100.0 Å². The average Bonchev–Trinajstić information content (AvgIpc) is 1.75. The van der Waals surface area contributed by atoms with Gasteiger partial charge in [0.05, 0.1) is 1.93 Å². The fourth-order valence-electron chi connectivity index (χ4n) is 0. The van der Waals surface area contributed by atoms with Crippen molar-refractivity contribution in [2.24, 2.45) is 0 Å². The summed E-state index contributed by atoms with van der Waals surface area (Å²) < 4.78 is 0.773. The van der Waals surface area contributed by atoms with Gasteiger partial charge in [-0.3, -0.25) is 0 Å². The van der Waals surface area contributed by atoms with Gasteiger partial charge in [0.1, 0.15) is 0 Å². The van der Waals surface area contributed by atoms with E-state index < -0.39 is 0 Å². The first-order valence-corrected chi connectivity index (χ1v) is 4.92. The Morgan fingerprint density at radius 1 is 1.00 bits per heavy atom. The van der Waals surface area contributed by atoms with E-state index in [1.807, 2.05) is 0 Å². The van der Waals surface area contributed by atoms with Gasteiger partial charge in [0, 0.05) is 0 Å². The molecule has 0 aromatic heterocycles. The van der Waals surface area contributed by atoms with E-state index in [0.717, 1.165) is 1.93 Å². The SMILES string of the molecule is CC(I)I.[CH2-]C.[CH2-]C.[Zn+2]. The van der Waals surface area contributed by atoms with Gasteiger partial charge in [-0.2, -0.15) is 13.8 Å². The first kappa shape index (κ1) is 22.5. The van der Waals surface area contributed by atoms with Crippen LogP contribution >= 0.6 is 45.2 Å². The molecule has 0 unspecified atom stereocenters. The molecule has 0 radical (unpaired) electrons. The van der Waals surface area contributed by atoms with Crippen molar-refractivity contribution in [1.82, 2.24) is 0 Å². The van der Waals surface area contributed by atoms with Gasteiger partial charge in [0.2, 0.25) is 0 Å². The summed E-state index contributed by atoms with van der Waals surface area (Å²) in [5.74, 6) is 0. The number of hydrogen-bond acceptors (Lipinski definition) is 0. The van der Waals surface area contributed by atoms with Crippen molar-refractivity contribution < 1.29 is 19.5 Å². The van der Waals surface area contributed by atoms with Crippen LogP contribution in [0.2, 0.25) is 0 Å². The molecule has 0 saturated carbocycles. The Kier molecular flexibility index (Phi) is 80.3. The maximum Gasteiger partial charge on any atom is 2.00 e. The van der Waals surface area contributed by atoms with Crippen LogP contribution < -0.4 is 0 Å². The third kappa shape index (κ3) is 152. The Balaban J connectivity index is -0.0000000221. The van der Waals surface area contributed by atoms with E-state index in [1.165, 1.54) is 0 Å². The van der Waals surface area contributed by atoms with Crippen molar-refractivity contribution in [2.45, 2.75) is 22.7 Å². The Morgan fingerprint density at radius 3 is 1.00 bits per heavy atom. The zero-order chi connectivity index (χ0) is 7.58. The van der Waals surface area contributed by atoms with Crippen LogP contribution in [-0.2, 0) is 19.5 Å². The van der Waals surface area contributed by atoms with Crippen LogP contribution in [0.15, 0.2) is 0 Å². The molecule has 0 heterocycles. The molecule has 0 saturated heterocycles. The van der Waals surface area contributed by atoms with Crippen molar-refractivity contribution in [3.63, 3.8) is 0 Å². The third-order valence-corrected chi connectivity index (χ3v) is 0. The number of rotatable bonds is 0. The minimum Gasteiger partial charge on any atom is -0.346 e. The molecule has 0 aromatic rings. The molecule has 0 aromatic carbocycles. The van der Waals surface area contributed by atoms with Crippen LogP contribution in [0.25, 0.3) is 0 Å². The van der Waals surface area contributed by atoms with Crippen LogP contribution in [0.1, 0.15) is 20.8 Å². The number of alkyl halides is 2. The molecule has 9 heavy (non-hydrogen) atoms. The van der Waals surface area contributed by atoms with E-state index in [4.69, 9.17) is 0 Å². The first-order chi connectivity index (χ1) is 3.73. The van der Waals surface area contributed by atoms with E-state index in [9.17, 15) is 0 Å². The third-order valence-electron chi connectivity index (χ3n) is 0. The van der Waals surface area contributed by atoms with Gasteiger partial charge < -0.3 is 13.8 Å². The molecule has 0 atom stereocenters. The zero-order valence-electron chi connectivity index (χ0n) is 6.45. The van der Waals surface area contributed by atoms with Crippen LogP contribution in [0, 0.1) is 13.8 Å². The maximum atomic E-state index is 3.25. The first-order valence-electron chi connectivity index (χ1n) is 2.43. The molecule has 0 amide bonds. The summed E-state index contributed by atoms with van der Waals surface area (Å²) in [6, 6.07) is 0. The Bertz CT molecular complexity index is 15.8. The molecule has 0 aliphatic carbocycles. The molecule has 54 valence electrons. The summed E-state index contributed by atoms with van der Waals surface area (Å²) in [5, 5.41) is 0. The molecule has 0 rings (SSSR count). The summed E-state index contributed by atoms with van der Waals surface area (Å²) in [7, 11) is 0. The molecule has 0 spiro atoms. The van der Waals surface area contributed by atoms with Crippen molar-refractivity contribution in [3.8, 4) is 0 Å². The van der Waals surface area contributed by atoms with Crippen molar-refractivity contribution >= 4 is 45.2 Å². The normalized spacial score (nSPS) is 5.33. The summed E-state index contributed by atoms with van der Waals surface area (Å²) in [5.41, 5.74) is 0. The average molecular weight is 405 g/mol. The van der Waals surface area contributed by atoms with Crippen LogP contribution in [0.4, 0.5) is 0 Å². The van der Waals surface area contributed by atoms with Gasteiger partial charge in [-0.1, -0.05) is 45.2 Å². The van der Waals surface area contributed by atoms with Gasteiger partial charge in [-0.25, -0.2) is 0 Å². The van der Waals surface area contributed by atoms with Crippen molar-refractivity contribution in [1.29, 1.82) is 0 Å². The van der Waals surface area contributed by atoms with Gasteiger partial charge >= 0.3 is 19.5 Å². The van der Waals surface area contributed by atoms with Gasteiger partial charge in [-0.15, -0.1) is 0 Å². The minimum atomic E-state index is 0. The van der Waals surface area contributed by atoms with E-state index in [-0.39, 0.29) is 19.5 Å². The molecule has 0 aliphatic rings. The quantitative estimate of drug-likeness (QED) is 0.248. The zero-order valence-corrected chi connectivity index (χ0v) is 13.7. The monoisotopic (exact) mass is 404 g/mol. The molecular weight excluding hydrogens is 391 g/mol. The number of hydrogen-bond donors (Lipinski definition) is 0. The second-order valence-corrected chi connectivity index (χ2v) is 6.64. The second kappa shape index (κ2) is 32.2. The molecule has 0 N–H and O–H groups in total. The topological polar surface area (TPSA) is 0 Å².